The molecule has 0 aliphatic rings. The highest BCUT2D eigenvalue weighted by Crippen LogP contribution is 2.27. The fraction of sp³-hybridized carbons (Fsp3) is 0.412. The fourth-order valence-corrected chi connectivity index (χ4v) is 2.70. The molecule has 1 aromatic heterocycles. The first kappa shape index (κ1) is 16.9. The van der Waals surface area contributed by atoms with Gasteiger partial charge in [-0.1, -0.05) is 6.92 Å². The van der Waals surface area contributed by atoms with E-state index in [1.165, 1.54) is 0 Å². The summed E-state index contributed by atoms with van der Waals surface area (Å²) in [7, 11) is 0. The summed E-state index contributed by atoms with van der Waals surface area (Å²) in [6.07, 6.45) is 0.370. The van der Waals surface area contributed by atoms with Gasteiger partial charge in [-0.2, -0.15) is 0 Å². The number of rotatable bonds is 7. The number of carboxylic acids is 1. The summed E-state index contributed by atoms with van der Waals surface area (Å²) in [5.41, 5.74) is 2.55. The number of nitrogens with zero attached hydrogens (tertiary/aromatic N) is 1. The Morgan fingerprint density at radius 3 is 2.48 bits per heavy atom. The van der Waals surface area contributed by atoms with Crippen molar-refractivity contribution in [2.45, 2.75) is 33.7 Å². The van der Waals surface area contributed by atoms with Gasteiger partial charge in [0.25, 0.3) is 0 Å². The van der Waals surface area contributed by atoms with Crippen molar-refractivity contribution in [3.05, 3.63) is 29.5 Å². The second-order valence-electron chi connectivity index (χ2n) is 5.32. The number of carboxylic acid groups (broad SMARTS) is 1. The summed E-state index contributed by atoms with van der Waals surface area (Å²) in [4.78, 5) is 28.1. The smallest absolute Gasteiger partial charge is 0.352 e. The number of hydrogen-bond acceptors (Lipinski definition) is 3. The van der Waals surface area contributed by atoms with Crippen molar-refractivity contribution >= 4 is 28.5 Å². The van der Waals surface area contributed by atoms with Crippen molar-refractivity contribution in [1.29, 1.82) is 0 Å². The van der Waals surface area contributed by atoms with E-state index in [1.54, 1.807) is 6.92 Å². The Morgan fingerprint density at radius 1 is 1.22 bits per heavy atom. The van der Waals surface area contributed by atoms with Gasteiger partial charge < -0.3 is 20.3 Å². The van der Waals surface area contributed by atoms with Crippen LogP contribution in [-0.4, -0.2) is 35.1 Å². The molecular formula is C17H23N3O3. The maximum atomic E-state index is 11.5. The summed E-state index contributed by atoms with van der Waals surface area (Å²) >= 11 is 0. The van der Waals surface area contributed by atoms with Gasteiger partial charge in [-0.05, 0) is 32.0 Å². The van der Waals surface area contributed by atoms with E-state index >= 15 is 0 Å². The Morgan fingerprint density at radius 2 is 1.91 bits per heavy atom. The topological polar surface area (TPSA) is 85.4 Å². The van der Waals surface area contributed by atoms with Gasteiger partial charge in [0, 0.05) is 48.2 Å². The van der Waals surface area contributed by atoms with Crippen molar-refractivity contribution in [3.8, 4) is 0 Å². The number of aromatic nitrogens is 1. The van der Waals surface area contributed by atoms with Gasteiger partial charge >= 0.3 is 5.97 Å². The van der Waals surface area contributed by atoms with Crippen LogP contribution in [0.15, 0.2) is 18.2 Å². The van der Waals surface area contributed by atoms with Crippen molar-refractivity contribution in [3.63, 3.8) is 0 Å². The molecule has 2 aromatic rings. The minimum atomic E-state index is -1.02. The molecule has 2 rings (SSSR count). The molecule has 0 aliphatic heterocycles. The Bertz CT molecular complexity index is 717. The SMILES string of the molecule is CCC(=O)NCc1c(C(=O)O)[nH]c2ccc(N(CC)CC)cc12. The van der Waals surface area contributed by atoms with Gasteiger partial charge in [0.15, 0.2) is 0 Å². The molecule has 0 fully saturated rings. The lowest BCUT2D eigenvalue weighted by Gasteiger charge is -2.21. The number of anilines is 1. The molecule has 0 spiro atoms. The lowest BCUT2D eigenvalue weighted by atomic mass is 10.1. The first-order valence-corrected chi connectivity index (χ1v) is 7.91. The van der Waals surface area contributed by atoms with E-state index < -0.39 is 5.97 Å². The van der Waals surface area contributed by atoms with Crippen LogP contribution in [0.3, 0.4) is 0 Å². The summed E-state index contributed by atoms with van der Waals surface area (Å²) < 4.78 is 0. The average Bonchev–Trinajstić information content (AvgIpc) is 2.92. The predicted molar refractivity (Wildman–Crippen MR) is 91.0 cm³/mol. The quantitative estimate of drug-likeness (QED) is 0.733. The predicted octanol–water partition coefficient (Wildman–Crippen LogP) is 2.74. The highest BCUT2D eigenvalue weighted by molar-refractivity contribution is 5.98. The lowest BCUT2D eigenvalue weighted by molar-refractivity contribution is -0.120. The second-order valence-corrected chi connectivity index (χ2v) is 5.32. The van der Waals surface area contributed by atoms with Gasteiger partial charge in [0.2, 0.25) is 5.91 Å². The first-order valence-electron chi connectivity index (χ1n) is 7.91. The third kappa shape index (κ3) is 3.47. The number of carbonyl (C=O) groups is 2. The second kappa shape index (κ2) is 7.17. The molecule has 23 heavy (non-hydrogen) atoms. The molecule has 3 N–H and O–H groups in total. The van der Waals surface area contributed by atoms with E-state index in [-0.39, 0.29) is 18.1 Å². The van der Waals surface area contributed by atoms with E-state index in [4.69, 9.17) is 0 Å². The molecule has 0 atom stereocenters. The first-order chi connectivity index (χ1) is 11.0. The molecule has 6 heteroatoms. The Labute approximate surface area is 135 Å². The van der Waals surface area contributed by atoms with Gasteiger partial charge in [0.05, 0.1) is 0 Å². The number of hydrogen-bond donors (Lipinski definition) is 3. The number of benzene rings is 1. The number of fused-ring (bicyclic) bond motifs is 1. The van der Waals surface area contributed by atoms with E-state index in [0.717, 1.165) is 29.7 Å². The van der Waals surface area contributed by atoms with Crippen LogP contribution in [-0.2, 0) is 11.3 Å². The van der Waals surface area contributed by atoms with Crippen LogP contribution in [0.5, 0.6) is 0 Å². The summed E-state index contributed by atoms with van der Waals surface area (Å²) in [5.74, 6) is -1.12. The fourth-order valence-electron chi connectivity index (χ4n) is 2.70. The summed E-state index contributed by atoms with van der Waals surface area (Å²) in [6, 6.07) is 5.85. The van der Waals surface area contributed by atoms with E-state index in [9.17, 15) is 14.7 Å². The maximum Gasteiger partial charge on any atom is 0.352 e. The lowest BCUT2D eigenvalue weighted by Crippen LogP contribution is -2.23. The van der Waals surface area contributed by atoms with Crippen LogP contribution in [0.4, 0.5) is 5.69 Å². The Balaban J connectivity index is 2.50. The molecule has 6 nitrogen and oxygen atoms in total. The largest absolute Gasteiger partial charge is 0.477 e. The molecule has 1 amide bonds. The monoisotopic (exact) mass is 317 g/mol. The van der Waals surface area contributed by atoms with Crippen LogP contribution in [0.1, 0.15) is 43.2 Å². The molecule has 0 bridgehead atoms. The van der Waals surface area contributed by atoms with Crippen LogP contribution >= 0.6 is 0 Å². The minimum Gasteiger partial charge on any atom is -0.477 e. The number of carbonyl (C=O) groups excluding carboxylic acids is 1. The Hall–Kier alpha value is -2.50. The zero-order valence-corrected chi connectivity index (χ0v) is 13.8. The normalized spacial score (nSPS) is 10.7. The van der Waals surface area contributed by atoms with E-state index in [2.05, 4.69) is 29.0 Å². The molecule has 0 saturated heterocycles. The molecule has 124 valence electrons. The maximum absolute atomic E-state index is 11.5. The highest BCUT2D eigenvalue weighted by atomic mass is 16.4. The molecule has 0 saturated carbocycles. The summed E-state index contributed by atoms with van der Waals surface area (Å²) in [5, 5.41) is 13.0. The van der Waals surface area contributed by atoms with Crippen LogP contribution in [0, 0.1) is 0 Å². The van der Waals surface area contributed by atoms with Crippen molar-refractivity contribution in [1.82, 2.24) is 10.3 Å². The van der Waals surface area contributed by atoms with Gasteiger partial charge in [-0.3, -0.25) is 4.79 Å². The molecule has 0 radical (unpaired) electrons. The van der Waals surface area contributed by atoms with Gasteiger partial charge in [-0.15, -0.1) is 0 Å². The average molecular weight is 317 g/mol. The molecular weight excluding hydrogens is 294 g/mol. The zero-order chi connectivity index (χ0) is 17.0. The molecule has 1 aromatic carbocycles. The van der Waals surface area contributed by atoms with Crippen LogP contribution < -0.4 is 10.2 Å². The van der Waals surface area contributed by atoms with Gasteiger partial charge in [-0.25, -0.2) is 4.79 Å². The zero-order valence-electron chi connectivity index (χ0n) is 13.8. The van der Waals surface area contributed by atoms with Crippen molar-refractivity contribution < 1.29 is 14.7 Å². The molecule has 0 aliphatic carbocycles. The van der Waals surface area contributed by atoms with Gasteiger partial charge in [0.1, 0.15) is 5.69 Å². The summed E-state index contributed by atoms with van der Waals surface area (Å²) in [6.45, 7) is 7.88. The van der Waals surface area contributed by atoms with Crippen molar-refractivity contribution in [2.75, 3.05) is 18.0 Å². The molecule has 1 heterocycles. The molecule has 0 unspecified atom stereocenters. The number of aromatic amines is 1. The minimum absolute atomic E-state index is 0.101. The number of aromatic carboxylic acids is 1. The van der Waals surface area contributed by atoms with Crippen molar-refractivity contribution in [2.24, 2.45) is 0 Å². The standard InChI is InChI=1S/C17H23N3O3/c1-4-15(21)18-10-13-12-9-11(20(5-2)6-3)7-8-14(12)19-16(13)17(22)23/h7-9,19H,4-6,10H2,1-3H3,(H,18,21)(H,22,23). The number of H-pyrrole nitrogens is 1. The highest BCUT2D eigenvalue weighted by Gasteiger charge is 2.18. The van der Waals surface area contributed by atoms with Crippen LogP contribution in [0.25, 0.3) is 10.9 Å². The Kier molecular flexibility index (Phi) is 5.26. The third-order valence-electron chi connectivity index (χ3n) is 4.02. The van der Waals surface area contributed by atoms with Crippen LogP contribution in [0.2, 0.25) is 0 Å². The van der Waals surface area contributed by atoms with E-state index in [1.807, 2.05) is 18.2 Å². The number of amides is 1. The third-order valence-corrected chi connectivity index (χ3v) is 4.02. The van der Waals surface area contributed by atoms with E-state index in [0.29, 0.717) is 12.0 Å². The number of nitrogens with one attached hydrogen (secondary N) is 2.